The van der Waals surface area contributed by atoms with Gasteiger partial charge in [-0.05, 0) is 25.1 Å². The second-order valence-corrected chi connectivity index (χ2v) is 5.42. The Bertz CT molecular complexity index is 545. The van der Waals surface area contributed by atoms with E-state index in [-0.39, 0.29) is 11.9 Å². The molecule has 0 aliphatic heterocycles. The maximum Gasteiger partial charge on any atom is 0.138 e. The summed E-state index contributed by atoms with van der Waals surface area (Å²) in [5.41, 5.74) is 2.78. The molecule has 1 aromatic heterocycles. The van der Waals surface area contributed by atoms with Crippen LogP contribution in [-0.4, -0.2) is 26.6 Å². The molecule has 1 atom stereocenters. The minimum atomic E-state index is -0.224. The smallest absolute Gasteiger partial charge is 0.138 e. The number of nitrogens with two attached hydrogens (primary N) is 1. The zero-order valence-corrected chi connectivity index (χ0v) is 12.1. The molecule has 0 fully saturated rings. The molecule has 1 aromatic carbocycles. The lowest BCUT2D eigenvalue weighted by Crippen LogP contribution is -2.39. The van der Waals surface area contributed by atoms with Crippen LogP contribution in [-0.2, 0) is 13.0 Å². The van der Waals surface area contributed by atoms with Crippen molar-refractivity contribution in [3.8, 4) is 0 Å². The van der Waals surface area contributed by atoms with Gasteiger partial charge in [-0.1, -0.05) is 6.07 Å². The van der Waals surface area contributed by atoms with Crippen LogP contribution >= 0.6 is 11.8 Å². The molecular weight excluding hydrogens is 277 g/mol. The molecule has 1 unspecified atom stereocenters. The summed E-state index contributed by atoms with van der Waals surface area (Å²) < 4.78 is 14.9. The largest absolute Gasteiger partial charge is 0.271 e. The van der Waals surface area contributed by atoms with E-state index >= 15 is 0 Å². The van der Waals surface area contributed by atoms with E-state index < -0.39 is 0 Å². The maximum absolute atomic E-state index is 13.1. The van der Waals surface area contributed by atoms with Gasteiger partial charge in [-0.25, -0.2) is 9.37 Å². The fourth-order valence-electron chi connectivity index (χ4n) is 1.85. The van der Waals surface area contributed by atoms with Crippen molar-refractivity contribution in [2.75, 3.05) is 5.75 Å². The van der Waals surface area contributed by atoms with Crippen molar-refractivity contribution in [3.05, 3.63) is 42.2 Å². The van der Waals surface area contributed by atoms with Crippen LogP contribution in [0.5, 0.6) is 0 Å². The molecule has 0 saturated carbocycles. The Balaban J connectivity index is 1.92. The molecule has 2 rings (SSSR count). The van der Waals surface area contributed by atoms with Crippen LogP contribution in [0.4, 0.5) is 4.39 Å². The normalized spacial score (nSPS) is 12.6. The van der Waals surface area contributed by atoms with Crippen molar-refractivity contribution >= 4 is 11.8 Å². The molecule has 0 spiro atoms. The zero-order valence-electron chi connectivity index (χ0n) is 11.3. The molecule has 7 heteroatoms. The number of hydrogen-bond donors (Lipinski definition) is 2. The van der Waals surface area contributed by atoms with E-state index in [0.717, 1.165) is 23.0 Å². The van der Waals surface area contributed by atoms with Crippen molar-refractivity contribution in [2.24, 2.45) is 5.84 Å². The number of nitrogens with one attached hydrogen (secondary N) is 1. The number of nitrogens with zero attached hydrogens (tertiary/aromatic N) is 3. The zero-order chi connectivity index (χ0) is 14.4. The van der Waals surface area contributed by atoms with E-state index in [1.807, 2.05) is 17.7 Å². The van der Waals surface area contributed by atoms with E-state index in [1.54, 1.807) is 24.2 Å². The number of halogens is 1. The molecule has 0 aliphatic carbocycles. The Morgan fingerprint density at radius 1 is 1.50 bits per heavy atom. The summed E-state index contributed by atoms with van der Waals surface area (Å²) in [4.78, 5) is 5.12. The third-order valence-electron chi connectivity index (χ3n) is 2.91. The fourth-order valence-corrected chi connectivity index (χ4v) is 2.83. The summed E-state index contributed by atoms with van der Waals surface area (Å²) >= 11 is 1.56. The van der Waals surface area contributed by atoms with Gasteiger partial charge in [0.1, 0.15) is 18.0 Å². The monoisotopic (exact) mass is 295 g/mol. The fraction of sp³-hybridized carbons (Fsp3) is 0.385. The predicted molar refractivity (Wildman–Crippen MR) is 77.6 cm³/mol. The van der Waals surface area contributed by atoms with Crippen molar-refractivity contribution < 1.29 is 4.39 Å². The van der Waals surface area contributed by atoms with Crippen LogP contribution in [0.25, 0.3) is 0 Å². The minimum absolute atomic E-state index is 0.0535. The average molecular weight is 295 g/mol. The molecule has 1 heterocycles. The highest BCUT2D eigenvalue weighted by Crippen LogP contribution is 2.20. The first-order chi connectivity index (χ1) is 9.72. The first kappa shape index (κ1) is 15.0. The molecule has 0 aliphatic rings. The first-order valence-electron chi connectivity index (χ1n) is 6.44. The number of aromatic nitrogens is 3. The predicted octanol–water partition coefficient (Wildman–Crippen LogP) is 1.60. The van der Waals surface area contributed by atoms with E-state index in [0.29, 0.717) is 6.42 Å². The van der Waals surface area contributed by atoms with Crippen LogP contribution < -0.4 is 11.3 Å². The molecule has 108 valence electrons. The Morgan fingerprint density at radius 3 is 3.05 bits per heavy atom. The van der Waals surface area contributed by atoms with Gasteiger partial charge >= 0.3 is 0 Å². The van der Waals surface area contributed by atoms with Crippen LogP contribution in [0.2, 0.25) is 0 Å². The molecule has 0 amide bonds. The van der Waals surface area contributed by atoms with Gasteiger partial charge in [-0.15, -0.1) is 11.8 Å². The summed E-state index contributed by atoms with van der Waals surface area (Å²) in [5, 5.41) is 4.13. The van der Waals surface area contributed by atoms with Crippen LogP contribution in [0.3, 0.4) is 0 Å². The van der Waals surface area contributed by atoms with Gasteiger partial charge < -0.3 is 0 Å². The van der Waals surface area contributed by atoms with Crippen molar-refractivity contribution in [1.29, 1.82) is 0 Å². The lowest BCUT2D eigenvalue weighted by Gasteiger charge is -2.15. The molecule has 0 bridgehead atoms. The highest BCUT2D eigenvalue weighted by molar-refractivity contribution is 7.99. The van der Waals surface area contributed by atoms with Crippen molar-refractivity contribution in [3.63, 3.8) is 0 Å². The van der Waals surface area contributed by atoms with E-state index in [2.05, 4.69) is 15.5 Å². The maximum atomic E-state index is 13.1. The van der Waals surface area contributed by atoms with Crippen LogP contribution in [0, 0.1) is 5.82 Å². The highest BCUT2D eigenvalue weighted by atomic mass is 32.2. The molecule has 0 saturated heterocycles. The summed E-state index contributed by atoms with van der Waals surface area (Å²) in [6, 6.07) is 6.60. The number of benzene rings is 1. The number of aryl methyl sites for hydroxylation is 1. The Morgan fingerprint density at radius 2 is 2.35 bits per heavy atom. The molecule has 2 aromatic rings. The third kappa shape index (κ3) is 4.03. The number of hydrazine groups is 1. The Labute approximate surface area is 121 Å². The third-order valence-corrected chi connectivity index (χ3v) is 4.06. The summed E-state index contributed by atoms with van der Waals surface area (Å²) in [6.45, 7) is 2.80. The highest BCUT2D eigenvalue weighted by Gasteiger charge is 2.12. The van der Waals surface area contributed by atoms with Crippen molar-refractivity contribution in [2.45, 2.75) is 30.8 Å². The summed E-state index contributed by atoms with van der Waals surface area (Å²) in [7, 11) is 0. The van der Waals surface area contributed by atoms with Gasteiger partial charge in [0.05, 0.1) is 0 Å². The van der Waals surface area contributed by atoms with Crippen LogP contribution in [0.15, 0.2) is 35.5 Å². The van der Waals surface area contributed by atoms with Gasteiger partial charge in [0.2, 0.25) is 0 Å². The van der Waals surface area contributed by atoms with Gasteiger partial charge in [-0.3, -0.25) is 16.0 Å². The second-order valence-electron chi connectivity index (χ2n) is 4.33. The molecule has 5 nitrogen and oxygen atoms in total. The molecule has 20 heavy (non-hydrogen) atoms. The summed E-state index contributed by atoms with van der Waals surface area (Å²) in [6.07, 6.45) is 2.23. The van der Waals surface area contributed by atoms with Gasteiger partial charge in [0, 0.05) is 29.7 Å². The SMILES string of the molecule is CCn1ncnc1CC(CSc1cccc(F)c1)NN. The summed E-state index contributed by atoms with van der Waals surface area (Å²) in [5.74, 6) is 6.99. The molecular formula is C13H18FN5S. The average Bonchev–Trinajstić information content (AvgIpc) is 2.90. The molecule has 0 radical (unpaired) electrons. The van der Waals surface area contributed by atoms with Gasteiger partial charge in [0.15, 0.2) is 0 Å². The topological polar surface area (TPSA) is 68.8 Å². The lowest BCUT2D eigenvalue weighted by molar-refractivity contribution is 0.527. The Kier molecular flexibility index (Phi) is 5.51. The van der Waals surface area contributed by atoms with Gasteiger partial charge in [-0.2, -0.15) is 5.10 Å². The minimum Gasteiger partial charge on any atom is -0.271 e. The second kappa shape index (κ2) is 7.37. The quantitative estimate of drug-likeness (QED) is 0.461. The number of rotatable bonds is 7. The number of thioether (sulfide) groups is 1. The standard InChI is InChI=1S/C13H18FN5S/c1-2-19-13(16-9-17-19)7-11(18-15)8-20-12-5-3-4-10(14)6-12/h3-6,9,11,18H,2,7-8,15H2,1H3. The Hall–Kier alpha value is -1.44. The molecule has 3 N–H and O–H groups in total. The van der Waals surface area contributed by atoms with E-state index in [1.165, 1.54) is 12.1 Å². The lowest BCUT2D eigenvalue weighted by atomic mass is 10.2. The van der Waals surface area contributed by atoms with Gasteiger partial charge in [0.25, 0.3) is 0 Å². The van der Waals surface area contributed by atoms with E-state index in [9.17, 15) is 4.39 Å². The number of hydrogen-bond acceptors (Lipinski definition) is 5. The van der Waals surface area contributed by atoms with E-state index in [4.69, 9.17) is 5.84 Å². The van der Waals surface area contributed by atoms with Crippen LogP contribution in [0.1, 0.15) is 12.7 Å². The first-order valence-corrected chi connectivity index (χ1v) is 7.42. The van der Waals surface area contributed by atoms with Crippen molar-refractivity contribution in [1.82, 2.24) is 20.2 Å².